The Kier molecular flexibility index (Phi) is 4.35. The zero-order chi connectivity index (χ0) is 16.4. The number of hydrogen-bond acceptors (Lipinski definition) is 7. The van der Waals surface area contributed by atoms with E-state index in [1.165, 1.54) is 17.8 Å². The number of nitrogens with two attached hydrogens (primary N) is 1. The van der Waals surface area contributed by atoms with Crippen molar-refractivity contribution in [1.82, 2.24) is 20.2 Å². The standard InChI is InChI=1S/C14H12ClN5O2S/c1-7(23-14-17-10(16)6-11(21)18-14)12-19-20-13(22-12)8-3-2-4-9(15)5-8/h2-7H,1H3,(H3,16,17,18,21)/t7-/m0/s1. The van der Waals surface area contributed by atoms with E-state index in [2.05, 4.69) is 20.2 Å². The number of anilines is 1. The molecule has 1 aromatic carbocycles. The molecule has 0 amide bonds. The highest BCUT2D eigenvalue weighted by atomic mass is 35.5. The summed E-state index contributed by atoms with van der Waals surface area (Å²) in [6, 6.07) is 8.37. The molecule has 118 valence electrons. The van der Waals surface area contributed by atoms with Crippen molar-refractivity contribution in [3.63, 3.8) is 0 Å². The quantitative estimate of drug-likeness (QED) is 0.550. The minimum atomic E-state index is -0.308. The van der Waals surface area contributed by atoms with Crippen LogP contribution in [0.5, 0.6) is 0 Å². The van der Waals surface area contributed by atoms with E-state index >= 15 is 0 Å². The summed E-state index contributed by atoms with van der Waals surface area (Å²) >= 11 is 7.22. The lowest BCUT2D eigenvalue weighted by Gasteiger charge is -2.05. The Labute approximate surface area is 140 Å². The van der Waals surface area contributed by atoms with Crippen LogP contribution in [0.25, 0.3) is 11.5 Å². The number of hydrogen-bond donors (Lipinski definition) is 2. The number of nitrogens with one attached hydrogen (secondary N) is 1. The van der Waals surface area contributed by atoms with E-state index in [4.69, 9.17) is 21.8 Å². The third-order valence-corrected chi connectivity index (χ3v) is 4.10. The van der Waals surface area contributed by atoms with Gasteiger partial charge >= 0.3 is 0 Å². The summed E-state index contributed by atoms with van der Waals surface area (Å²) < 4.78 is 5.67. The summed E-state index contributed by atoms with van der Waals surface area (Å²) in [4.78, 5) is 18.1. The van der Waals surface area contributed by atoms with E-state index < -0.39 is 0 Å². The van der Waals surface area contributed by atoms with Gasteiger partial charge in [-0.2, -0.15) is 0 Å². The Bertz CT molecular complexity index is 895. The van der Waals surface area contributed by atoms with Gasteiger partial charge in [0.1, 0.15) is 5.82 Å². The Morgan fingerprint density at radius 3 is 2.91 bits per heavy atom. The Hall–Kier alpha value is -2.32. The predicted molar refractivity (Wildman–Crippen MR) is 88.3 cm³/mol. The summed E-state index contributed by atoms with van der Waals surface area (Å²) in [5, 5.41) is 8.83. The largest absolute Gasteiger partial charge is 0.419 e. The molecule has 0 spiro atoms. The maximum absolute atomic E-state index is 11.4. The number of aromatic amines is 1. The first kappa shape index (κ1) is 15.6. The van der Waals surface area contributed by atoms with E-state index in [9.17, 15) is 4.79 Å². The number of H-pyrrole nitrogens is 1. The molecule has 0 radical (unpaired) electrons. The van der Waals surface area contributed by atoms with Gasteiger partial charge in [-0.15, -0.1) is 10.2 Å². The zero-order valence-corrected chi connectivity index (χ0v) is 13.6. The van der Waals surface area contributed by atoms with Crippen LogP contribution in [-0.2, 0) is 0 Å². The molecule has 0 saturated heterocycles. The molecule has 0 aliphatic carbocycles. The van der Waals surface area contributed by atoms with Gasteiger partial charge < -0.3 is 15.1 Å². The van der Waals surface area contributed by atoms with Crippen molar-refractivity contribution in [3.05, 3.63) is 51.6 Å². The van der Waals surface area contributed by atoms with Gasteiger partial charge in [-0.05, 0) is 25.1 Å². The van der Waals surface area contributed by atoms with Crippen molar-refractivity contribution in [2.24, 2.45) is 0 Å². The third kappa shape index (κ3) is 3.72. The van der Waals surface area contributed by atoms with Gasteiger partial charge in [0.2, 0.25) is 11.8 Å². The Morgan fingerprint density at radius 2 is 2.17 bits per heavy atom. The molecule has 0 aliphatic rings. The van der Waals surface area contributed by atoms with E-state index in [-0.39, 0.29) is 16.6 Å². The SMILES string of the molecule is C[C@H](Sc1nc(N)cc(=O)[nH]1)c1nnc(-c2cccc(Cl)c2)o1. The Morgan fingerprint density at radius 1 is 1.35 bits per heavy atom. The molecule has 3 N–H and O–H groups in total. The number of thioether (sulfide) groups is 1. The maximum Gasteiger partial charge on any atom is 0.253 e. The van der Waals surface area contributed by atoms with Crippen molar-refractivity contribution >= 4 is 29.2 Å². The van der Waals surface area contributed by atoms with Crippen LogP contribution in [0.3, 0.4) is 0 Å². The lowest BCUT2D eigenvalue weighted by Crippen LogP contribution is -2.09. The lowest BCUT2D eigenvalue weighted by atomic mass is 10.2. The molecule has 9 heteroatoms. The summed E-state index contributed by atoms with van der Waals surface area (Å²) in [5.41, 5.74) is 5.99. The highest BCUT2D eigenvalue weighted by Gasteiger charge is 2.17. The molecule has 2 heterocycles. The highest BCUT2D eigenvalue weighted by Crippen LogP contribution is 2.33. The first-order chi connectivity index (χ1) is 11.0. The minimum absolute atomic E-state index is 0.161. The monoisotopic (exact) mass is 349 g/mol. The van der Waals surface area contributed by atoms with Crippen LogP contribution >= 0.6 is 23.4 Å². The number of benzene rings is 1. The second-order valence-corrected chi connectivity index (χ2v) is 6.46. The van der Waals surface area contributed by atoms with Crippen molar-refractivity contribution in [2.75, 3.05) is 5.73 Å². The molecular weight excluding hydrogens is 338 g/mol. The van der Waals surface area contributed by atoms with Crippen molar-refractivity contribution in [1.29, 1.82) is 0 Å². The molecule has 0 fully saturated rings. The maximum atomic E-state index is 11.4. The van der Waals surface area contributed by atoms with E-state index in [1.54, 1.807) is 18.2 Å². The van der Waals surface area contributed by atoms with E-state index in [0.717, 1.165) is 5.56 Å². The molecule has 7 nitrogen and oxygen atoms in total. The van der Waals surface area contributed by atoms with Crippen LogP contribution < -0.4 is 11.3 Å². The molecule has 3 aromatic rings. The fourth-order valence-electron chi connectivity index (χ4n) is 1.86. The number of nitrogen functional groups attached to an aromatic ring is 1. The fraction of sp³-hybridized carbons (Fsp3) is 0.143. The van der Waals surface area contributed by atoms with Gasteiger partial charge in [0.15, 0.2) is 5.16 Å². The highest BCUT2D eigenvalue weighted by molar-refractivity contribution is 7.99. The van der Waals surface area contributed by atoms with Gasteiger partial charge in [-0.3, -0.25) is 4.79 Å². The van der Waals surface area contributed by atoms with Crippen LogP contribution in [0.1, 0.15) is 18.1 Å². The van der Waals surface area contributed by atoms with Gasteiger partial charge in [-0.1, -0.05) is 29.4 Å². The molecule has 0 unspecified atom stereocenters. The van der Waals surface area contributed by atoms with Gasteiger partial charge in [-0.25, -0.2) is 4.98 Å². The van der Waals surface area contributed by atoms with Crippen LogP contribution in [0, 0.1) is 0 Å². The van der Waals surface area contributed by atoms with Gasteiger partial charge in [0.25, 0.3) is 5.56 Å². The number of nitrogens with zero attached hydrogens (tertiary/aromatic N) is 3. The number of rotatable bonds is 4. The number of aromatic nitrogens is 4. The van der Waals surface area contributed by atoms with E-state index in [0.29, 0.717) is 22.0 Å². The fourth-order valence-corrected chi connectivity index (χ4v) is 2.90. The van der Waals surface area contributed by atoms with Gasteiger partial charge in [0.05, 0.1) is 5.25 Å². The molecule has 2 aromatic heterocycles. The average Bonchev–Trinajstić information content (AvgIpc) is 2.96. The van der Waals surface area contributed by atoms with Crippen molar-refractivity contribution in [2.45, 2.75) is 17.3 Å². The third-order valence-electron chi connectivity index (χ3n) is 2.89. The average molecular weight is 350 g/mol. The Balaban J connectivity index is 1.81. The first-order valence-electron chi connectivity index (χ1n) is 6.64. The second kappa shape index (κ2) is 6.43. The molecule has 0 saturated carbocycles. The molecular formula is C14H12ClN5O2S. The molecule has 1 atom stereocenters. The summed E-state index contributed by atoms with van der Waals surface area (Å²) in [6.07, 6.45) is 0. The smallest absolute Gasteiger partial charge is 0.253 e. The minimum Gasteiger partial charge on any atom is -0.419 e. The molecule has 0 bridgehead atoms. The van der Waals surface area contributed by atoms with Gasteiger partial charge in [0, 0.05) is 16.7 Å². The summed E-state index contributed by atoms with van der Waals surface area (Å²) in [6.45, 7) is 1.86. The topological polar surface area (TPSA) is 111 Å². The second-order valence-electron chi connectivity index (χ2n) is 4.69. The molecule has 0 aliphatic heterocycles. The normalized spacial score (nSPS) is 12.3. The van der Waals surface area contributed by atoms with Crippen LogP contribution in [0.4, 0.5) is 5.82 Å². The first-order valence-corrected chi connectivity index (χ1v) is 7.90. The summed E-state index contributed by atoms with van der Waals surface area (Å²) in [7, 11) is 0. The predicted octanol–water partition coefficient (Wildman–Crippen LogP) is 2.91. The lowest BCUT2D eigenvalue weighted by molar-refractivity contribution is 0.509. The van der Waals surface area contributed by atoms with Crippen LogP contribution in [0.15, 0.2) is 44.7 Å². The van der Waals surface area contributed by atoms with Crippen LogP contribution in [0.2, 0.25) is 5.02 Å². The van der Waals surface area contributed by atoms with Crippen LogP contribution in [-0.4, -0.2) is 20.2 Å². The molecule has 3 rings (SSSR count). The van der Waals surface area contributed by atoms with Crippen molar-refractivity contribution < 1.29 is 4.42 Å². The van der Waals surface area contributed by atoms with Crippen molar-refractivity contribution in [3.8, 4) is 11.5 Å². The summed E-state index contributed by atoms with van der Waals surface area (Å²) in [5.74, 6) is 0.952. The number of halogens is 1. The van der Waals surface area contributed by atoms with E-state index in [1.807, 2.05) is 13.0 Å². The zero-order valence-electron chi connectivity index (χ0n) is 12.0. The molecule has 23 heavy (non-hydrogen) atoms.